The minimum absolute atomic E-state index is 0.118. The molecule has 2 heterocycles. The van der Waals surface area contributed by atoms with Crippen molar-refractivity contribution >= 4 is 12.7 Å². The zero-order valence-electron chi connectivity index (χ0n) is 13.0. The molecular formula is C15H20BF2NO2. The van der Waals surface area contributed by atoms with Crippen molar-refractivity contribution in [2.45, 2.75) is 63.6 Å². The highest BCUT2D eigenvalue weighted by atomic mass is 19.3. The molecule has 1 saturated heterocycles. The van der Waals surface area contributed by atoms with Crippen molar-refractivity contribution in [2.24, 2.45) is 0 Å². The van der Waals surface area contributed by atoms with E-state index in [1.165, 1.54) is 0 Å². The highest BCUT2D eigenvalue weighted by molar-refractivity contribution is 6.61. The van der Waals surface area contributed by atoms with Crippen molar-refractivity contribution in [1.82, 2.24) is 4.98 Å². The first-order chi connectivity index (χ1) is 9.49. The standard InChI is InChI=1S/C15H20BF2NO2/c1-12(2)13(3,4)21-16(20-12)11-8-10(6-7-19-11)14(5)9-15(14,17)18/h6-8H,9H2,1-5H3. The van der Waals surface area contributed by atoms with E-state index in [1.54, 1.807) is 25.3 Å². The van der Waals surface area contributed by atoms with Crippen LogP contribution >= 0.6 is 0 Å². The molecule has 2 aliphatic rings. The van der Waals surface area contributed by atoms with Crippen molar-refractivity contribution in [2.75, 3.05) is 0 Å². The second-order valence-corrected chi connectivity index (χ2v) is 7.27. The zero-order chi connectivity index (χ0) is 15.7. The molecule has 0 bridgehead atoms. The molecule has 3 nitrogen and oxygen atoms in total. The minimum atomic E-state index is -2.64. The Morgan fingerprint density at radius 1 is 1.10 bits per heavy atom. The summed E-state index contributed by atoms with van der Waals surface area (Å²) in [6, 6.07) is 3.33. The fraction of sp³-hybridized carbons (Fsp3) is 0.667. The van der Waals surface area contributed by atoms with Gasteiger partial charge in [-0.25, -0.2) is 8.78 Å². The van der Waals surface area contributed by atoms with Crippen LogP contribution in [0.15, 0.2) is 18.3 Å². The normalized spacial score (nSPS) is 32.2. The van der Waals surface area contributed by atoms with Gasteiger partial charge in [0.1, 0.15) is 0 Å². The molecule has 1 aromatic heterocycles. The highest BCUT2D eigenvalue weighted by Crippen LogP contribution is 2.61. The van der Waals surface area contributed by atoms with Gasteiger partial charge in [-0.15, -0.1) is 0 Å². The maximum atomic E-state index is 13.5. The van der Waals surface area contributed by atoms with E-state index in [0.29, 0.717) is 11.2 Å². The van der Waals surface area contributed by atoms with Crippen LogP contribution in [0.5, 0.6) is 0 Å². The van der Waals surface area contributed by atoms with Crippen LogP contribution < -0.4 is 5.59 Å². The lowest BCUT2D eigenvalue weighted by atomic mass is 9.82. The average molecular weight is 295 g/mol. The van der Waals surface area contributed by atoms with Crippen molar-refractivity contribution in [3.05, 3.63) is 23.9 Å². The molecule has 1 aliphatic carbocycles. The van der Waals surface area contributed by atoms with Crippen LogP contribution in [0.3, 0.4) is 0 Å². The highest BCUT2D eigenvalue weighted by Gasteiger charge is 2.68. The molecule has 1 saturated carbocycles. The second-order valence-electron chi connectivity index (χ2n) is 7.27. The molecule has 0 amide bonds. The third-order valence-corrected chi connectivity index (χ3v) is 5.17. The average Bonchev–Trinajstić information content (AvgIpc) is 2.78. The summed E-state index contributed by atoms with van der Waals surface area (Å²) in [5.41, 5.74) is -0.887. The van der Waals surface area contributed by atoms with Crippen LogP contribution in [-0.2, 0) is 14.7 Å². The summed E-state index contributed by atoms with van der Waals surface area (Å²) >= 11 is 0. The predicted octanol–water partition coefficient (Wildman–Crippen LogP) is 2.68. The lowest BCUT2D eigenvalue weighted by molar-refractivity contribution is 0.00578. The molecule has 0 radical (unpaired) electrons. The van der Waals surface area contributed by atoms with E-state index >= 15 is 0 Å². The third kappa shape index (κ3) is 2.11. The topological polar surface area (TPSA) is 31.4 Å². The first-order valence-electron chi connectivity index (χ1n) is 7.18. The van der Waals surface area contributed by atoms with Gasteiger partial charge in [-0.2, -0.15) is 0 Å². The summed E-state index contributed by atoms with van der Waals surface area (Å²) in [7, 11) is -0.620. The first kappa shape index (κ1) is 14.9. The van der Waals surface area contributed by atoms with E-state index in [0.717, 1.165) is 0 Å². The van der Waals surface area contributed by atoms with E-state index in [-0.39, 0.29) is 6.42 Å². The van der Waals surface area contributed by atoms with Gasteiger partial charge in [-0.1, -0.05) is 0 Å². The molecule has 21 heavy (non-hydrogen) atoms. The summed E-state index contributed by atoms with van der Waals surface area (Å²) in [5.74, 6) is -2.64. The van der Waals surface area contributed by atoms with Gasteiger partial charge in [0.15, 0.2) is 0 Å². The summed E-state index contributed by atoms with van der Waals surface area (Å²) in [5, 5.41) is 0. The Morgan fingerprint density at radius 2 is 1.62 bits per heavy atom. The molecule has 0 spiro atoms. The minimum Gasteiger partial charge on any atom is -0.398 e. The Labute approximate surface area is 124 Å². The smallest absolute Gasteiger partial charge is 0.398 e. The molecular weight excluding hydrogens is 275 g/mol. The first-order valence-corrected chi connectivity index (χ1v) is 7.18. The molecule has 1 aliphatic heterocycles. The fourth-order valence-corrected chi connectivity index (χ4v) is 2.60. The Bertz CT molecular complexity index is 575. The van der Waals surface area contributed by atoms with Gasteiger partial charge >= 0.3 is 7.12 Å². The SMILES string of the molecule is CC1(C)OB(c2cc(C3(C)CC3(F)F)ccn2)OC1(C)C. The number of hydrogen-bond acceptors (Lipinski definition) is 3. The van der Waals surface area contributed by atoms with Gasteiger partial charge in [-0.05, 0) is 52.3 Å². The second kappa shape index (κ2) is 4.05. The summed E-state index contributed by atoms with van der Waals surface area (Å²) in [6.45, 7) is 9.39. The molecule has 114 valence electrons. The van der Waals surface area contributed by atoms with E-state index in [2.05, 4.69) is 4.98 Å². The van der Waals surface area contributed by atoms with E-state index in [9.17, 15) is 8.78 Å². The van der Waals surface area contributed by atoms with Crippen molar-refractivity contribution < 1.29 is 18.1 Å². The number of halogens is 2. The number of rotatable bonds is 2. The van der Waals surface area contributed by atoms with Crippen LogP contribution in [-0.4, -0.2) is 29.2 Å². The fourth-order valence-electron chi connectivity index (χ4n) is 2.60. The van der Waals surface area contributed by atoms with Gasteiger partial charge < -0.3 is 9.31 Å². The summed E-state index contributed by atoms with van der Waals surface area (Å²) in [6.07, 6.45) is 1.43. The Balaban J connectivity index is 1.89. The van der Waals surface area contributed by atoms with Gasteiger partial charge in [-0.3, -0.25) is 4.98 Å². The number of nitrogens with zero attached hydrogens (tertiary/aromatic N) is 1. The van der Waals surface area contributed by atoms with Gasteiger partial charge in [0.2, 0.25) is 0 Å². The lowest BCUT2D eigenvalue weighted by Crippen LogP contribution is -2.41. The third-order valence-electron chi connectivity index (χ3n) is 5.17. The van der Waals surface area contributed by atoms with Crippen molar-refractivity contribution in [3.8, 4) is 0 Å². The molecule has 2 fully saturated rings. The Hall–Kier alpha value is -1.01. The van der Waals surface area contributed by atoms with Crippen LogP contribution in [0, 0.1) is 0 Å². The number of hydrogen-bond donors (Lipinski definition) is 0. The maximum Gasteiger partial charge on any atom is 0.514 e. The van der Waals surface area contributed by atoms with Gasteiger partial charge in [0, 0.05) is 12.6 Å². The van der Waals surface area contributed by atoms with Gasteiger partial charge in [0.25, 0.3) is 5.92 Å². The lowest BCUT2D eigenvalue weighted by Gasteiger charge is -2.32. The quantitative estimate of drug-likeness (QED) is 0.786. The molecule has 6 heteroatoms. The van der Waals surface area contributed by atoms with Crippen LogP contribution in [0.25, 0.3) is 0 Å². The molecule has 0 N–H and O–H groups in total. The Morgan fingerprint density at radius 3 is 2.10 bits per heavy atom. The number of pyridine rings is 1. The van der Waals surface area contributed by atoms with Crippen LogP contribution in [0.2, 0.25) is 0 Å². The molecule has 1 aromatic rings. The van der Waals surface area contributed by atoms with E-state index < -0.39 is 29.7 Å². The predicted molar refractivity (Wildman–Crippen MR) is 76.9 cm³/mol. The monoisotopic (exact) mass is 295 g/mol. The maximum absolute atomic E-state index is 13.5. The molecule has 1 atom stereocenters. The summed E-state index contributed by atoms with van der Waals surface area (Å²) in [4.78, 5) is 4.25. The van der Waals surface area contributed by atoms with E-state index in [1.807, 2.05) is 27.7 Å². The zero-order valence-corrected chi connectivity index (χ0v) is 13.0. The van der Waals surface area contributed by atoms with Crippen molar-refractivity contribution in [1.29, 1.82) is 0 Å². The van der Waals surface area contributed by atoms with Crippen LogP contribution in [0.1, 0.15) is 46.6 Å². The largest absolute Gasteiger partial charge is 0.514 e. The van der Waals surface area contributed by atoms with Crippen LogP contribution in [0.4, 0.5) is 8.78 Å². The molecule has 1 unspecified atom stereocenters. The van der Waals surface area contributed by atoms with Gasteiger partial charge in [0.05, 0.1) is 22.2 Å². The molecule has 0 aromatic carbocycles. The van der Waals surface area contributed by atoms with E-state index in [4.69, 9.17) is 9.31 Å². The van der Waals surface area contributed by atoms with Crippen molar-refractivity contribution in [3.63, 3.8) is 0 Å². The summed E-state index contributed by atoms with van der Waals surface area (Å²) < 4.78 is 38.9. The Kier molecular flexibility index (Phi) is 2.87. The number of aromatic nitrogens is 1. The molecule has 3 rings (SSSR count). The number of alkyl halides is 2.